The second-order valence-electron chi connectivity index (χ2n) is 3.60. The first-order valence-electron chi connectivity index (χ1n) is 5.82. The minimum absolute atomic E-state index is 0.233. The van der Waals surface area contributed by atoms with Gasteiger partial charge < -0.3 is 19.7 Å². The summed E-state index contributed by atoms with van der Waals surface area (Å²) in [6, 6.07) is 0. The topological polar surface area (TPSA) is 76.0 Å². The van der Waals surface area contributed by atoms with Crippen LogP contribution in [0.15, 0.2) is 11.1 Å². The summed E-state index contributed by atoms with van der Waals surface area (Å²) >= 11 is 0. The molecule has 0 radical (unpaired) electrons. The number of hydrogen-bond donors (Lipinski definition) is 2. The van der Waals surface area contributed by atoms with Crippen molar-refractivity contribution >= 4 is 5.97 Å². The second-order valence-corrected chi connectivity index (χ2v) is 3.60. The first-order valence-corrected chi connectivity index (χ1v) is 5.82. The maximum Gasteiger partial charge on any atom is 0.331 e. The number of aliphatic hydroxyl groups is 1. The van der Waals surface area contributed by atoms with Crippen molar-refractivity contribution in [1.29, 1.82) is 0 Å². The minimum atomic E-state index is -0.997. The van der Waals surface area contributed by atoms with Gasteiger partial charge in [0.1, 0.15) is 0 Å². The van der Waals surface area contributed by atoms with Crippen LogP contribution < -0.4 is 0 Å². The van der Waals surface area contributed by atoms with E-state index in [1.807, 2.05) is 13.8 Å². The van der Waals surface area contributed by atoms with E-state index in [1.54, 1.807) is 6.92 Å². The quantitative estimate of drug-likeness (QED) is 0.477. The van der Waals surface area contributed by atoms with E-state index in [9.17, 15) is 4.79 Å². The molecule has 0 saturated carbocycles. The minimum Gasteiger partial charge on any atom is -0.478 e. The van der Waals surface area contributed by atoms with Gasteiger partial charge in [-0.2, -0.15) is 0 Å². The fraction of sp³-hybridized carbons (Fsp3) is 0.750. The number of carboxylic acids is 1. The molecule has 0 fully saturated rings. The lowest BCUT2D eigenvalue weighted by atomic mass is 10.0. The van der Waals surface area contributed by atoms with E-state index in [0.717, 1.165) is 0 Å². The Morgan fingerprint density at radius 1 is 1.24 bits per heavy atom. The van der Waals surface area contributed by atoms with Crippen LogP contribution in [0.5, 0.6) is 0 Å². The third kappa shape index (κ3) is 6.41. The van der Waals surface area contributed by atoms with Crippen molar-refractivity contribution in [2.75, 3.05) is 19.8 Å². The zero-order valence-electron chi connectivity index (χ0n) is 10.7. The van der Waals surface area contributed by atoms with Crippen LogP contribution in [-0.2, 0) is 14.3 Å². The lowest BCUT2D eigenvalue weighted by Crippen LogP contribution is -2.18. The normalized spacial score (nSPS) is 12.8. The Bertz CT molecular complexity index is 254. The zero-order valence-corrected chi connectivity index (χ0v) is 10.7. The number of hydrogen-bond acceptors (Lipinski definition) is 4. The Hall–Kier alpha value is -0.910. The lowest BCUT2D eigenvalue weighted by Gasteiger charge is -2.17. The van der Waals surface area contributed by atoms with Crippen molar-refractivity contribution < 1.29 is 24.5 Å². The van der Waals surface area contributed by atoms with E-state index in [-0.39, 0.29) is 18.5 Å². The molecule has 0 amide bonds. The van der Waals surface area contributed by atoms with E-state index in [4.69, 9.17) is 19.7 Å². The molecule has 0 aromatic heterocycles. The Morgan fingerprint density at radius 3 is 2.12 bits per heavy atom. The lowest BCUT2D eigenvalue weighted by molar-refractivity contribution is -0.140. The summed E-state index contributed by atoms with van der Waals surface area (Å²) in [5, 5.41) is 17.9. The maximum atomic E-state index is 11.0. The molecule has 100 valence electrons. The maximum absolute atomic E-state index is 11.0. The summed E-state index contributed by atoms with van der Waals surface area (Å²) < 4.78 is 10.7. The van der Waals surface area contributed by atoms with Gasteiger partial charge in [-0.3, -0.25) is 0 Å². The fourth-order valence-corrected chi connectivity index (χ4v) is 1.45. The molecular formula is C12H22O5. The summed E-state index contributed by atoms with van der Waals surface area (Å²) in [7, 11) is 0. The Kier molecular flexibility index (Phi) is 8.66. The van der Waals surface area contributed by atoms with E-state index in [1.165, 1.54) is 0 Å². The molecule has 0 aromatic carbocycles. The number of rotatable bonds is 9. The van der Waals surface area contributed by atoms with Crippen molar-refractivity contribution in [3.8, 4) is 0 Å². The molecule has 0 atom stereocenters. The number of aliphatic hydroxyl groups excluding tert-OH is 1. The van der Waals surface area contributed by atoms with Crippen LogP contribution in [0.3, 0.4) is 0 Å². The van der Waals surface area contributed by atoms with Crippen molar-refractivity contribution in [1.82, 2.24) is 0 Å². The van der Waals surface area contributed by atoms with Crippen LogP contribution in [0.1, 0.15) is 33.6 Å². The molecule has 0 spiro atoms. The van der Waals surface area contributed by atoms with Crippen LogP contribution in [0.2, 0.25) is 0 Å². The van der Waals surface area contributed by atoms with Gasteiger partial charge in [-0.1, -0.05) is 0 Å². The van der Waals surface area contributed by atoms with Crippen molar-refractivity contribution in [2.45, 2.75) is 39.9 Å². The van der Waals surface area contributed by atoms with Gasteiger partial charge >= 0.3 is 5.97 Å². The average molecular weight is 246 g/mol. The number of carboxylic acid groups (broad SMARTS) is 1. The summed E-state index contributed by atoms with van der Waals surface area (Å²) in [5.41, 5.74) is 0.709. The first-order chi connectivity index (χ1) is 8.06. The number of ether oxygens (including phenoxy) is 2. The van der Waals surface area contributed by atoms with Gasteiger partial charge in [0, 0.05) is 25.2 Å². The largest absolute Gasteiger partial charge is 0.478 e. The van der Waals surface area contributed by atoms with E-state index >= 15 is 0 Å². The van der Waals surface area contributed by atoms with Crippen molar-refractivity contribution in [3.05, 3.63) is 11.1 Å². The molecule has 5 nitrogen and oxygen atoms in total. The molecule has 0 rings (SSSR count). The summed E-state index contributed by atoms with van der Waals surface area (Å²) in [6.45, 7) is 6.14. The first kappa shape index (κ1) is 16.1. The second kappa shape index (κ2) is 9.15. The molecule has 0 unspecified atom stereocenters. The van der Waals surface area contributed by atoms with Gasteiger partial charge in [0.15, 0.2) is 6.29 Å². The molecule has 0 aliphatic rings. The van der Waals surface area contributed by atoms with Gasteiger partial charge in [0.05, 0.1) is 6.61 Å². The molecule has 17 heavy (non-hydrogen) atoms. The van der Waals surface area contributed by atoms with E-state index in [2.05, 4.69) is 0 Å². The highest BCUT2D eigenvalue weighted by Crippen LogP contribution is 2.15. The van der Waals surface area contributed by atoms with Crippen LogP contribution in [0, 0.1) is 0 Å². The molecule has 5 heteroatoms. The van der Waals surface area contributed by atoms with Gasteiger partial charge in [0.25, 0.3) is 0 Å². The third-order valence-electron chi connectivity index (χ3n) is 2.35. The zero-order chi connectivity index (χ0) is 13.3. The van der Waals surface area contributed by atoms with Crippen LogP contribution in [0.4, 0.5) is 0 Å². The van der Waals surface area contributed by atoms with Gasteiger partial charge in [0.2, 0.25) is 0 Å². The Morgan fingerprint density at radius 2 is 1.76 bits per heavy atom. The molecule has 0 bridgehead atoms. The SMILES string of the molecule is CCOC(CC/C(C(=O)O)=C(\C)CO)OCC. The molecule has 0 aliphatic carbocycles. The molecule has 2 N–H and O–H groups in total. The van der Waals surface area contributed by atoms with Crippen LogP contribution >= 0.6 is 0 Å². The average Bonchev–Trinajstić information content (AvgIpc) is 2.28. The van der Waals surface area contributed by atoms with Crippen LogP contribution in [0.25, 0.3) is 0 Å². The highest BCUT2D eigenvalue weighted by atomic mass is 16.7. The Balaban J connectivity index is 4.42. The monoisotopic (exact) mass is 246 g/mol. The van der Waals surface area contributed by atoms with Gasteiger partial charge in [-0.05, 0) is 32.8 Å². The molecular weight excluding hydrogens is 224 g/mol. The number of aliphatic carboxylic acids is 1. The van der Waals surface area contributed by atoms with E-state index < -0.39 is 5.97 Å². The standard InChI is InChI=1S/C12H22O5/c1-4-16-11(17-5-2)7-6-10(12(14)15)9(3)8-13/h11,13H,4-8H2,1-3H3,(H,14,15)/b10-9-. The molecule has 0 saturated heterocycles. The molecule has 0 aliphatic heterocycles. The van der Waals surface area contributed by atoms with Gasteiger partial charge in [-0.25, -0.2) is 4.79 Å². The fourth-order valence-electron chi connectivity index (χ4n) is 1.45. The van der Waals surface area contributed by atoms with Crippen LogP contribution in [-0.4, -0.2) is 42.3 Å². The summed E-state index contributed by atoms with van der Waals surface area (Å²) in [6.07, 6.45) is 0.415. The Labute approximate surface area is 102 Å². The molecule has 0 aromatic rings. The highest BCUT2D eigenvalue weighted by molar-refractivity contribution is 5.87. The molecule has 0 heterocycles. The summed E-state index contributed by atoms with van der Waals surface area (Å²) in [4.78, 5) is 11.0. The van der Waals surface area contributed by atoms with Crippen molar-refractivity contribution in [3.63, 3.8) is 0 Å². The van der Waals surface area contributed by atoms with Gasteiger partial charge in [-0.15, -0.1) is 0 Å². The summed E-state index contributed by atoms with van der Waals surface area (Å²) in [5.74, 6) is -0.997. The third-order valence-corrected chi connectivity index (χ3v) is 2.35. The predicted octanol–water partition coefficient (Wildman–Crippen LogP) is 1.56. The number of carbonyl (C=O) groups is 1. The van der Waals surface area contributed by atoms with Crippen molar-refractivity contribution in [2.24, 2.45) is 0 Å². The predicted molar refractivity (Wildman–Crippen MR) is 63.7 cm³/mol. The van der Waals surface area contributed by atoms with E-state index in [0.29, 0.717) is 31.6 Å². The highest BCUT2D eigenvalue weighted by Gasteiger charge is 2.15. The smallest absolute Gasteiger partial charge is 0.331 e.